The van der Waals surface area contributed by atoms with Crippen LogP contribution in [0.3, 0.4) is 0 Å². The Morgan fingerprint density at radius 1 is 1.20 bits per heavy atom. The van der Waals surface area contributed by atoms with E-state index in [9.17, 15) is 9.59 Å². The molecule has 2 N–H and O–H groups in total. The Morgan fingerprint density at radius 3 is 2.45 bits per heavy atom. The highest BCUT2D eigenvalue weighted by Crippen LogP contribution is 2.53. The average Bonchev–Trinajstić information content (AvgIpc) is 3.29. The maximum Gasteiger partial charge on any atom is 0.253 e. The summed E-state index contributed by atoms with van der Waals surface area (Å²) in [6.45, 7) is 0. The second kappa shape index (κ2) is 4.93. The van der Waals surface area contributed by atoms with Crippen LogP contribution in [0.2, 0.25) is 0 Å². The van der Waals surface area contributed by atoms with E-state index in [0.29, 0.717) is 17.7 Å². The second-order valence-electron chi connectivity index (χ2n) is 5.30. The molecular weight excluding hydrogens is 299 g/mol. The highest BCUT2D eigenvalue weighted by molar-refractivity contribution is 6.52. The van der Waals surface area contributed by atoms with E-state index in [1.54, 1.807) is 24.3 Å². The Labute approximate surface area is 126 Å². The number of amides is 2. The molecule has 0 saturated heterocycles. The van der Waals surface area contributed by atoms with Gasteiger partial charge in [0.2, 0.25) is 5.91 Å². The molecule has 0 spiro atoms. The summed E-state index contributed by atoms with van der Waals surface area (Å²) in [5.74, 6) is -0.825. The zero-order valence-corrected chi connectivity index (χ0v) is 12.2. The minimum absolute atomic E-state index is 0.165. The van der Waals surface area contributed by atoms with Gasteiger partial charge < -0.3 is 10.6 Å². The van der Waals surface area contributed by atoms with Crippen LogP contribution in [0.1, 0.15) is 29.6 Å². The van der Waals surface area contributed by atoms with Gasteiger partial charge in [0.15, 0.2) is 0 Å². The number of hydrogen-bond acceptors (Lipinski definition) is 2. The third-order valence-electron chi connectivity index (χ3n) is 3.48. The van der Waals surface area contributed by atoms with E-state index >= 15 is 0 Å². The van der Waals surface area contributed by atoms with Crippen LogP contribution in [0.4, 0.5) is 5.69 Å². The van der Waals surface area contributed by atoms with Gasteiger partial charge in [-0.05, 0) is 31.4 Å². The summed E-state index contributed by atoms with van der Waals surface area (Å²) in [5, 5.41) is 5.64. The molecule has 0 radical (unpaired) electrons. The number of alkyl halides is 2. The topological polar surface area (TPSA) is 58.2 Å². The van der Waals surface area contributed by atoms with Crippen LogP contribution < -0.4 is 10.6 Å². The van der Waals surface area contributed by atoms with Crippen LogP contribution >= 0.6 is 23.2 Å². The van der Waals surface area contributed by atoms with Gasteiger partial charge in [-0.3, -0.25) is 9.59 Å². The lowest BCUT2D eigenvalue weighted by molar-refractivity contribution is -0.117. The number of carbonyl (C=O) groups excluding carboxylic acids is 2. The van der Waals surface area contributed by atoms with E-state index < -0.39 is 10.3 Å². The molecule has 6 heteroatoms. The molecule has 106 valence electrons. The van der Waals surface area contributed by atoms with Crippen molar-refractivity contribution in [2.24, 2.45) is 5.92 Å². The minimum atomic E-state index is -0.963. The Bertz CT molecular complexity index is 570. The van der Waals surface area contributed by atoms with Gasteiger partial charge in [0.1, 0.15) is 4.33 Å². The van der Waals surface area contributed by atoms with Crippen molar-refractivity contribution in [3.63, 3.8) is 0 Å². The van der Waals surface area contributed by atoms with Crippen molar-refractivity contribution >= 4 is 40.7 Å². The maximum absolute atomic E-state index is 12.1. The number of carbonyl (C=O) groups is 2. The molecule has 1 atom stereocenters. The summed E-state index contributed by atoms with van der Waals surface area (Å²) in [7, 11) is 0. The number of para-hydroxylation sites is 1. The predicted molar refractivity (Wildman–Crippen MR) is 78.1 cm³/mol. The number of nitrogens with one attached hydrogen (secondary N) is 2. The van der Waals surface area contributed by atoms with Gasteiger partial charge >= 0.3 is 0 Å². The summed E-state index contributed by atoms with van der Waals surface area (Å²) >= 11 is 11.7. The number of anilines is 1. The zero-order valence-electron chi connectivity index (χ0n) is 10.7. The fourth-order valence-corrected chi connectivity index (χ4v) is 2.51. The molecule has 0 unspecified atom stereocenters. The SMILES string of the molecule is O=C(NC1CC1)c1ccccc1NC(=O)[C@@H]1CC1(Cl)Cl. The Balaban J connectivity index is 1.72. The van der Waals surface area contributed by atoms with Gasteiger partial charge in [-0.25, -0.2) is 0 Å². The monoisotopic (exact) mass is 312 g/mol. The lowest BCUT2D eigenvalue weighted by atomic mass is 10.1. The van der Waals surface area contributed by atoms with Crippen molar-refractivity contribution in [1.82, 2.24) is 5.32 Å². The molecule has 0 bridgehead atoms. The van der Waals surface area contributed by atoms with Crippen LogP contribution in [0.5, 0.6) is 0 Å². The first-order valence-corrected chi connectivity index (χ1v) is 7.31. The lowest BCUT2D eigenvalue weighted by Gasteiger charge is -2.11. The van der Waals surface area contributed by atoms with Gasteiger partial charge in [0.05, 0.1) is 17.2 Å². The fraction of sp³-hybridized carbons (Fsp3) is 0.429. The van der Waals surface area contributed by atoms with Gasteiger partial charge in [0.25, 0.3) is 5.91 Å². The fourth-order valence-electron chi connectivity index (χ4n) is 2.00. The van der Waals surface area contributed by atoms with E-state index in [2.05, 4.69) is 10.6 Å². The zero-order chi connectivity index (χ0) is 14.3. The smallest absolute Gasteiger partial charge is 0.253 e. The quantitative estimate of drug-likeness (QED) is 0.840. The van der Waals surface area contributed by atoms with Crippen molar-refractivity contribution in [2.45, 2.75) is 29.6 Å². The first kappa shape index (κ1) is 13.7. The van der Waals surface area contributed by atoms with Crippen LogP contribution in [-0.4, -0.2) is 22.2 Å². The highest BCUT2D eigenvalue weighted by Gasteiger charge is 2.56. The number of hydrogen-bond donors (Lipinski definition) is 2. The summed E-state index contributed by atoms with van der Waals surface area (Å²) < 4.78 is -0.963. The molecule has 20 heavy (non-hydrogen) atoms. The molecule has 2 aliphatic carbocycles. The summed E-state index contributed by atoms with van der Waals surface area (Å²) in [4.78, 5) is 24.1. The molecule has 4 nitrogen and oxygen atoms in total. The third kappa shape index (κ3) is 2.91. The second-order valence-corrected chi connectivity index (χ2v) is 6.84. The molecule has 2 saturated carbocycles. The van der Waals surface area contributed by atoms with Crippen LogP contribution in [0.25, 0.3) is 0 Å². The van der Waals surface area contributed by atoms with Gasteiger partial charge in [-0.1, -0.05) is 12.1 Å². The molecule has 1 aromatic rings. The molecular formula is C14H14Cl2N2O2. The highest BCUT2D eigenvalue weighted by atomic mass is 35.5. The molecule has 0 heterocycles. The average molecular weight is 313 g/mol. The van der Waals surface area contributed by atoms with Crippen molar-refractivity contribution < 1.29 is 9.59 Å². The lowest BCUT2D eigenvalue weighted by Crippen LogP contribution is -2.27. The van der Waals surface area contributed by atoms with E-state index in [0.717, 1.165) is 12.8 Å². The molecule has 2 fully saturated rings. The standard InChI is InChI=1S/C14H14Cl2N2O2/c15-14(16)7-10(14)13(20)18-11-4-2-1-3-9(11)12(19)17-8-5-6-8/h1-4,8,10H,5-7H2,(H,17,19)(H,18,20)/t10-/m0/s1. The summed E-state index contributed by atoms with van der Waals surface area (Å²) in [6.07, 6.45) is 2.48. The Hall–Kier alpha value is -1.26. The molecule has 3 rings (SSSR count). The third-order valence-corrected chi connectivity index (χ3v) is 4.32. The van der Waals surface area contributed by atoms with Crippen molar-refractivity contribution in [3.8, 4) is 0 Å². The largest absolute Gasteiger partial charge is 0.349 e. The van der Waals surface area contributed by atoms with Gasteiger partial charge in [0, 0.05) is 6.04 Å². The molecule has 2 aliphatic rings. The normalized spacial score (nSPS) is 23.0. The number of benzene rings is 1. The number of rotatable bonds is 4. The maximum atomic E-state index is 12.1. The molecule has 0 aliphatic heterocycles. The van der Waals surface area contributed by atoms with Crippen molar-refractivity contribution in [3.05, 3.63) is 29.8 Å². The van der Waals surface area contributed by atoms with E-state index in [1.807, 2.05) is 0 Å². The van der Waals surface area contributed by atoms with Gasteiger partial charge in [-0.2, -0.15) is 0 Å². The van der Waals surface area contributed by atoms with Crippen LogP contribution in [0, 0.1) is 5.92 Å². The first-order chi connectivity index (χ1) is 9.47. The minimum Gasteiger partial charge on any atom is -0.349 e. The van der Waals surface area contributed by atoms with Crippen LogP contribution in [0.15, 0.2) is 24.3 Å². The Kier molecular flexibility index (Phi) is 3.38. The van der Waals surface area contributed by atoms with Gasteiger partial charge in [-0.15, -0.1) is 23.2 Å². The predicted octanol–water partition coefficient (Wildman–Crippen LogP) is 2.71. The Morgan fingerprint density at radius 2 is 1.85 bits per heavy atom. The van der Waals surface area contributed by atoms with Crippen molar-refractivity contribution in [1.29, 1.82) is 0 Å². The van der Waals surface area contributed by atoms with E-state index in [1.165, 1.54) is 0 Å². The molecule has 1 aromatic carbocycles. The van der Waals surface area contributed by atoms with Crippen LogP contribution in [-0.2, 0) is 4.79 Å². The van der Waals surface area contributed by atoms with E-state index in [4.69, 9.17) is 23.2 Å². The van der Waals surface area contributed by atoms with Crippen molar-refractivity contribution in [2.75, 3.05) is 5.32 Å². The number of halogens is 2. The molecule has 2 amide bonds. The summed E-state index contributed by atoms with van der Waals surface area (Å²) in [6, 6.07) is 7.20. The van der Waals surface area contributed by atoms with E-state index in [-0.39, 0.29) is 17.9 Å². The molecule has 0 aromatic heterocycles. The summed E-state index contributed by atoms with van der Waals surface area (Å²) in [5.41, 5.74) is 0.954. The first-order valence-electron chi connectivity index (χ1n) is 6.56.